The van der Waals surface area contributed by atoms with Gasteiger partial charge in [0.15, 0.2) is 0 Å². The van der Waals surface area contributed by atoms with Crippen LogP contribution < -0.4 is 11.1 Å². The molecule has 86 valence electrons. The van der Waals surface area contributed by atoms with Gasteiger partial charge >= 0.3 is 12.0 Å². The van der Waals surface area contributed by atoms with E-state index in [1.165, 1.54) is 6.92 Å². The largest absolute Gasteiger partial charge is 0.480 e. The second-order valence-corrected chi connectivity index (χ2v) is 2.98. The van der Waals surface area contributed by atoms with E-state index < -0.39 is 23.9 Å². The van der Waals surface area contributed by atoms with E-state index in [9.17, 15) is 14.4 Å². The van der Waals surface area contributed by atoms with Gasteiger partial charge in [-0.2, -0.15) is 0 Å². The average Bonchev–Trinajstić information content (AvgIpc) is 2.11. The highest BCUT2D eigenvalue weighted by Crippen LogP contribution is 1.94. The zero-order chi connectivity index (χ0) is 12.0. The summed E-state index contributed by atoms with van der Waals surface area (Å²) >= 11 is 0. The van der Waals surface area contributed by atoms with Gasteiger partial charge in [-0.25, -0.2) is 4.79 Å². The van der Waals surface area contributed by atoms with Gasteiger partial charge in [-0.05, 0) is 13.8 Å². The van der Waals surface area contributed by atoms with Crippen molar-refractivity contribution < 1.29 is 19.5 Å². The van der Waals surface area contributed by atoms with Crippen LogP contribution in [0.2, 0.25) is 0 Å². The van der Waals surface area contributed by atoms with Gasteiger partial charge in [0.2, 0.25) is 5.91 Å². The number of carbonyl (C=O) groups is 3. The SMILES string of the molecule is CCN(CC(=O)O)C(=O)C(C)NC(N)=O. The number of urea groups is 1. The Morgan fingerprint density at radius 1 is 1.47 bits per heavy atom. The Labute approximate surface area is 87.2 Å². The van der Waals surface area contributed by atoms with Gasteiger partial charge in [0.25, 0.3) is 0 Å². The third-order valence-electron chi connectivity index (χ3n) is 1.75. The molecule has 0 aromatic carbocycles. The minimum absolute atomic E-state index is 0.260. The Kier molecular flexibility index (Phi) is 5.14. The number of carboxylic acids is 1. The first-order valence-corrected chi connectivity index (χ1v) is 4.45. The van der Waals surface area contributed by atoms with Gasteiger partial charge in [-0.1, -0.05) is 0 Å². The molecule has 1 atom stereocenters. The molecule has 1 unspecified atom stereocenters. The molecule has 0 aliphatic rings. The molecule has 0 bridgehead atoms. The van der Waals surface area contributed by atoms with Gasteiger partial charge in [0, 0.05) is 6.54 Å². The molecule has 0 saturated heterocycles. The topological polar surface area (TPSA) is 113 Å². The van der Waals surface area contributed by atoms with Crippen molar-refractivity contribution in [2.45, 2.75) is 19.9 Å². The smallest absolute Gasteiger partial charge is 0.323 e. The first-order chi connectivity index (χ1) is 6.88. The number of hydrogen-bond acceptors (Lipinski definition) is 3. The fraction of sp³-hybridized carbons (Fsp3) is 0.625. The Balaban J connectivity index is 4.36. The lowest BCUT2D eigenvalue weighted by molar-refractivity contribution is -0.144. The van der Waals surface area contributed by atoms with Gasteiger partial charge in [0.1, 0.15) is 12.6 Å². The summed E-state index contributed by atoms with van der Waals surface area (Å²) in [4.78, 5) is 33.5. The van der Waals surface area contributed by atoms with E-state index in [2.05, 4.69) is 5.32 Å². The van der Waals surface area contributed by atoms with Crippen LogP contribution in [0, 0.1) is 0 Å². The van der Waals surface area contributed by atoms with Crippen LogP contribution in [-0.4, -0.2) is 47.0 Å². The number of primary amides is 1. The molecule has 15 heavy (non-hydrogen) atoms. The molecule has 0 saturated carbocycles. The van der Waals surface area contributed by atoms with Crippen molar-refractivity contribution in [1.82, 2.24) is 10.2 Å². The van der Waals surface area contributed by atoms with Crippen LogP contribution in [0.25, 0.3) is 0 Å². The second kappa shape index (κ2) is 5.84. The number of carbonyl (C=O) groups excluding carboxylic acids is 2. The van der Waals surface area contributed by atoms with Crippen molar-refractivity contribution in [3.63, 3.8) is 0 Å². The van der Waals surface area contributed by atoms with Crippen LogP contribution in [-0.2, 0) is 9.59 Å². The van der Waals surface area contributed by atoms with Gasteiger partial charge in [-0.3, -0.25) is 9.59 Å². The zero-order valence-corrected chi connectivity index (χ0v) is 8.69. The molecule has 7 nitrogen and oxygen atoms in total. The Hall–Kier alpha value is -1.79. The predicted octanol–water partition coefficient (Wildman–Crippen LogP) is -1.02. The number of nitrogens with one attached hydrogen (secondary N) is 1. The monoisotopic (exact) mass is 217 g/mol. The summed E-state index contributed by atoms with van der Waals surface area (Å²) in [6.45, 7) is 2.96. The van der Waals surface area contributed by atoms with E-state index in [1.54, 1.807) is 6.92 Å². The summed E-state index contributed by atoms with van der Waals surface area (Å²) in [5.41, 5.74) is 4.84. The molecule has 3 amide bonds. The van der Waals surface area contributed by atoms with Crippen molar-refractivity contribution in [3.8, 4) is 0 Å². The Morgan fingerprint density at radius 3 is 2.33 bits per heavy atom. The van der Waals surface area contributed by atoms with Gasteiger partial charge in [-0.15, -0.1) is 0 Å². The third-order valence-corrected chi connectivity index (χ3v) is 1.75. The lowest BCUT2D eigenvalue weighted by Gasteiger charge is -2.22. The number of aliphatic carboxylic acids is 1. The molecule has 0 rings (SSSR count). The number of carboxylic acid groups (broad SMARTS) is 1. The number of nitrogens with zero attached hydrogens (tertiary/aromatic N) is 1. The van der Waals surface area contributed by atoms with E-state index in [4.69, 9.17) is 10.8 Å². The quantitative estimate of drug-likeness (QED) is 0.546. The molecule has 0 aromatic rings. The second-order valence-electron chi connectivity index (χ2n) is 2.98. The van der Waals surface area contributed by atoms with Crippen molar-refractivity contribution >= 4 is 17.9 Å². The number of hydrogen-bond donors (Lipinski definition) is 3. The molecule has 0 heterocycles. The van der Waals surface area contributed by atoms with Crippen molar-refractivity contribution in [2.75, 3.05) is 13.1 Å². The Morgan fingerprint density at radius 2 is 2.00 bits per heavy atom. The van der Waals surface area contributed by atoms with Crippen molar-refractivity contribution in [1.29, 1.82) is 0 Å². The molecule has 0 aliphatic heterocycles. The molecular formula is C8H15N3O4. The summed E-state index contributed by atoms with van der Waals surface area (Å²) in [5.74, 6) is -1.57. The normalized spacial score (nSPS) is 11.6. The molecule has 0 radical (unpaired) electrons. The number of nitrogens with two attached hydrogens (primary N) is 1. The van der Waals surface area contributed by atoms with Crippen LogP contribution in [0.4, 0.5) is 4.79 Å². The summed E-state index contributed by atoms with van der Waals surface area (Å²) in [6.07, 6.45) is 0. The number of amides is 3. The molecule has 7 heteroatoms. The average molecular weight is 217 g/mol. The van der Waals surface area contributed by atoms with E-state index in [0.717, 1.165) is 4.90 Å². The number of likely N-dealkylation sites (N-methyl/N-ethyl adjacent to an activating group) is 1. The minimum Gasteiger partial charge on any atom is -0.480 e. The highest BCUT2D eigenvalue weighted by atomic mass is 16.4. The van der Waals surface area contributed by atoms with Crippen LogP contribution in [0.15, 0.2) is 0 Å². The summed E-state index contributed by atoms with van der Waals surface area (Å²) < 4.78 is 0. The molecule has 0 fully saturated rings. The minimum atomic E-state index is -1.10. The highest BCUT2D eigenvalue weighted by molar-refractivity contribution is 5.88. The van der Waals surface area contributed by atoms with Crippen LogP contribution in [0.5, 0.6) is 0 Å². The lowest BCUT2D eigenvalue weighted by atomic mass is 10.3. The van der Waals surface area contributed by atoms with Gasteiger partial charge < -0.3 is 21.1 Å². The Bertz CT molecular complexity index is 267. The lowest BCUT2D eigenvalue weighted by Crippen LogP contribution is -2.49. The third kappa shape index (κ3) is 4.84. The molecule has 4 N–H and O–H groups in total. The van der Waals surface area contributed by atoms with Crippen LogP contribution in [0.3, 0.4) is 0 Å². The molecule has 0 aliphatic carbocycles. The van der Waals surface area contributed by atoms with E-state index in [-0.39, 0.29) is 13.1 Å². The maximum absolute atomic E-state index is 11.5. The first kappa shape index (κ1) is 13.2. The fourth-order valence-corrected chi connectivity index (χ4v) is 1.06. The summed E-state index contributed by atoms with van der Waals surface area (Å²) in [6, 6.07) is -1.64. The van der Waals surface area contributed by atoms with Gasteiger partial charge in [0.05, 0.1) is 0 Å². The first-order valence-electron chi connectivity index (χ1n) is 4.45. The van der Waals surface area contributed by atoms with Crippen molar-refractivity contribution in [3.05, 3.63) is 0 Å². The van der Waals surface area contributed by atoms with Crippen LogP contribution in [0.1, 0.15) is 13.8 Å². The maximum Gasteiger partial charge on any atom is 0.323 e. The highest BCUT2D eigenvalue weighted by Gasteiger charge is 2.21. The molecule has 0 aromatic heterocycles. The van der Waals surface area contributed by atoms with E-state index in [1.807, 2.05) is 0 Å². The standard InChI is InChI=1S/C8H15N3O4/c1-3-11(4-6(12)13)7(14)5(2)10-8(9)15/h5H,3-4H2,1-2H3,(H,12,13)(H3,9,10,15). The predicted molar refractivity (Wildman–Crippen MR) is 52.1 cm³/mol. The molecule has 0 spiro atoms. The maximum atomic E-state index is 11.5. The van der Waals surface area contributed by atoms with Crippen LogP contribution >= 0.6 is 0 Å². The summed E-state index contributed by atoms with van der Waals surface area (Å²) in [5, 5.41) is 10.7. The summed E-state index contributed by atoms with van der Waals surface area (Å²) in [7, 11) is 0. The zero-order valence-electron chi connectivity index (χ0n) is 8.69. The number of rotatable bonds is 5. The fourth-order valence-electron chi connectivity index (χ4n) is 1.06. The van der Waals surface area contributed by atoms with E-state index in [0.29, 0.717) is 0 Å². The molecular weight excluding hydrogens is 202 g/mol. The van der Waals surface area contributed by atoms with Crippen molar-refractivity contribution in [2.24, 2.45) is 5.73 Å². The van der Waals surface area contributed by atoms with E-state index >= 15 is 0 Å².